The summed E-state index contributed by atoms with van der Waals surface area (Å²) in [7, 11) is 0. The molecule has 6 rings (SSSR count). The van der Waals surface area contributed by atoms with E-state index in [1.807, 2.05) is 0 Å². The minimum atomic E-state index is -1.54. The summed E-state index contributed by atoms with van der Waals surface area (Å²) in [6.07, 6.45) is -0.325. The van der Waals surface area contributed by atoms with Crippen LogP contribution < -0.4 is 0 Å². The van der Waals surface area contributed by atoms with E-state index in [0.29, 0.717) is 42.6 Å². The molecule has 15 unspecified atom stereocenters. The third-order valence-corrected chi connectivity index (χ3v) is 13.2. The van der Waals surface area contributed by atoms with E-state index in [0.717, 1.165) is 43.3 Å². The van der Waals surface area contributed by atoms with Gasteiger partial charge in [-0.2, -0.15) is 0 Å². The lowest BCUT2D eigenvalue weighted by Gasteiger charge is -2.60. The number of carbonyl (C=O) groups excluding carboxylic acids is 1. The number of esters is 1. The lowest BCUT2D eigenvalue weighted by atomic mass is 9.46. The van der Waals surface area contributed by atoms with Crippen LogP contribution in [0.3, 0.4) is 0 Å². The van der Waals surface area contributed by atoms with Crippen LogP contribution in [0.1, 0.15) is 72.1 Å². The number of aliphatic hydroxyl groups excluding tert-OH is 7. The number of hydrogen-bond acceptors (Lipinski definition) is 11. The number of rotatable bonds is 7. The first kappa shape index (κ1) is 33.5. The topological polar surface area (TPSA) is 186 Å². The van der Waals surface area contributed by atoms with Crippen molar-refractivity contribution in [3.63, 3.8) is 0 Å². The molecule has 4 fully saturated rings. The van der Waals surface area contributed by atoms with Crippen LogP contribution in [0.2, 0.25) is 0 Å². The molecule has 4 aliphatic carbocycles. The fourth-order valence-corrected chi connectivity index (χ4v) is 10.6. The molecule has 2 aliphatic heterocycles. The minimum Gasteiger partial charge on any atom is -0.458 e. The van der Waals surface area contributed by atoms with Crippen molar-refractivity contribution in [1.82, 2.24) is 0 Å². The summed E-state index contributed by atoms with van der Waals surface area (Å²) in [6.45, 7) is 5.54. The molecule has 11 nitrogen and oxygen atoms in total. The summed E-state index contributed by atoms with van der Waals surface area (Å²) in [6, 6.07) is 0. The lowest BCUT2D eigenvalue weighted by molar-refractivity contribution is -0.299. The minimum absolute atomic E-state index is 0.0112. The first-order valence-corrected chi connectivity index (χ1v) is 16.9. The van der Waals surface area contributed by atoms with Gasteiger partial charge in [0.2, 0.25) is 0 Å². The van der Waals surface area contributed by atoms with Gasteiger partial charge in [-0.3, -0.25) is 0 Å². The number of allylic oxidation sites excluding steroid dienone is 1. The predicted molar refractivity (Wildman–Crippen MR) is 160 cm³/mol. The summed E-state index contributed by atoms with van der Waals surface area (Å²) >= 11 is 0. The average molecular weight is 637 g/mol. The molecule has 45 heavy (non-hydrogen) atoms. The van der Waals surface area contributed by atoms with E-state index in [4.69, 9.17) is 14.2 Å². The second-order valence-electron chi connectivity index (χ2n) is 15.1. The molecule has 0 aromatic heterocycles. The van der Waals surface area contributed by atoms with E-state index < -0.39 is 60.9 Å². The van der Waals surface area contributed by atoms with E-state index in [2.05, 4.69) is 19.9 Å². The van der Waals surface area contributed by atoms with Crippen molar-refractivity contribution in [2.45, 2.75) is 121 Å². The molecule has 0 bridgehead atoms. The smallest absolute Gasteiger partial charge is 0.334 e. The molecule has 3 saturated carbocycles. The normalized spacial score (nSPS) is 49.0. The second kappa shape index (κ2) is 12.6. The Morgan fingerprint density at radius 2 is 1.78 bits per heavy atom. The Hall–Kier alpha value is -1.41. The zero-order valence-electron chi connectivity index (χ0n) is 26.6. The van der Waals surface area contributed by atoms with E-state index in [1.165, 1.54) is 0 Å². The SMILES string of the molecule is CC1=C(COC2OC(CO)C(O)C(O)C2O)CC(C(C)C2CCC3C4CC=C5CC(O)CC(O)C5(CO)C4CCC23C)OC1=O. The molecule has 0 spiro atoms. The summed E-state index contributed by atoms with van der Waals surface area (Å²) in [4.78, 5) is 13.1. The number of cyclic esters (lactones) is 1. The highest BCUT2D eigenvalue weighted by Gasteiger charge is 2.63. The Labute approximate surface area is 264 Å². The quantitative estimate of drug-likeness (QED) is 0.156. The van der Waals surface area contributed by atoms with Crippen LogP contribution in [-0.4, -0.2) is 111 Å². The third-order valence-electron chi connectivity index (χ3n) is 13.2. The maximum atomic E-state index is 13.1. The van der Waals surface area contributed by atoms with Gasteiger partial charge in [0.05, 0.1) is 32.0 Å². The van der Waals surface area contributed by atoms with Crippen molar-refractivity contribution in [2.75, 3.05) is 19.8 Å². The molecule has 7 N–H and O–H groups in total. The Morgan fingerprint density at radius 1 is 1.02 bits per heavy atom. The first-order chi connectivity index (χ1) is 21.4. The van der Waals surface area contributed by atoms with E-state index in [1.54, 1.807) is 6.92 Å². The number of aliphatic hydroxyl groups is 7. The van der Waals surface area contributed by atoms with Crippen molar-refractivity contribution < 1.29 is 54.8 Å². The van der Waals surface area contributed by atoms with Gasteiger partial charge in [-0.15, -0.1) is 0 Å². The van der Waals surface area contributed by atoms with Gasteiger partial charge in [0, 0.05) is 23.8 Å². The van der Waals surface area contributed by atoms with Crippen molar-refractivity contribution >= 4 is 5.97 Å². The lowest BCUT2D eigenvalue weighted by Crippen LogP contribution is -2.59. The van der Waals surface area contributed by atoms with Gasteiger partial charge < -0.3 is 50.0 Å². The maximum absolute atomic E-state index is 13.1. The van der Waals surface area contributed by atoms with Crippen molar-refractivity contribution in [3.8, 4) is 0 Å². The largest absolute Gasteiger partial charge is 0.458 e. The zero-order chi connectivity index (χ0) is 32.4. The zero-order valence-corrected chi connectivity index (χ0v) is 26.6. The van der Waals surface area contributed by atoms with Crippen molar-refractivity contribution in [1.29, 1.82) is 0 Å². The van der Waals surface area contributed by atoms with Gasteiger partial charge in [0.25, 0.3) is 0 Å². The molecule has 6 aliphatic rings. The van der Waals surface area contributed by atoms with E-state index in [9.17, 15) is 40.5 Å². The molecule has 2 heterocycles. The highest BCUT2D eigenvalue weighted by atomic mass is 16.7. The van der Waals surface area contributed by atoms with E-state index in [-0.39, 0.29) is 36.6 Å². The maximum Gasteiger partial charge on any atom is 0.334 e. The summed E-state index contributed by atoms with van der Waals surface area (Å²) in [5, 5.41) is 72.5. The standard InChI is InChI=1S/C34H52O11/c1-16-18(14-43-32-30(41)29(40)28(39)26(13-35)45-32)10-25(44-31(16)42)17(2)22-6-7-23-21-5-4-19-11-20(37)12-27(38)34(19,15-36)24(21)8-9-33(22,23)3/h4,17,20-30,32,35-41H,5-15H2,1-3H3. The summed E-state index contributed by atoms with van der Waals surface area (Å²) < 4.78 is 17.3. The number of fused-ring (bicyclic) bond motifs is 5. The molecule has 0 radical (unpaired) electrons. The highest BCUT2D eigenvalue weighted by Crippen LogP contribution is 2.67. The monoisotopic (exact) mass is 636 g/mol. The van der Waals surface area contributed by atoms with E-state index >= 15 is 0 Å². The molecule has 11 heteroatoms. The van der Waals surface area contributed by atoms with Gasteiger partial charge in [-0.05, 0) is 86.0 Å². The van der Waals surface area contributed by atoms with Crippen LogP contribution in [-0.2, 0) is 19.0 Å². The highest BCUT2D eigenvalue weighted by molar-refractivity contribution is 5.89. The number of ether oxygens (including phenoxy) is 3. The molecular formula is C34H52O11. The second-order valence-corrected chi connectivity index (χ2v) is 15.1. The predicted octanol–water partition coefficient (Wildman–Crippen LogP) is 0.954. The van der Waals surface area contributed by atoms with Gasteiger partial charge in [-0.25, -0.2) is 4.79 Å². The Morgan fingerprint density at radius 3 is 2.49 bits per heavy atom. The molecule has 0 aromatic carbocycles. The van der Waals surface area contributed by atoms with Gasteiger partial charge >= 0.3 is 5.97 Å². The summed E-state index contributed by atoms with van der Waals surface area (Å²) in [5.41, 5.74) is 1.53. The van der Waals surface area contributed by atoms with Crippen LogP contribution in [0.25, 0.3) is 0 Å². The third kappa shape index (κ3) is 5.34. The van der Waals surface area contributed by atoms with Gasteiger partial charge in [0.1, 0.15) is 30.5 Å². The molecule has 0 amide bonds. The molecule has 1 saturated heterocycles. The number of carbonyl (C=O) groups is 1. The van der Waals surface area contributed by atoms with Crippen LogP contribution in [0.15, 0.2) is 22.8 Å². The number of hydrogen-bond donors (Lipinski definition) is 7. The Bertz CT molecular complexity index is 1180. The van der Waals surface area contributed by atoms with Gasteiger partial charge in [0.15, 0.2) is 6.29 Å². The Kier molecular flexibility index (Phi) is 9.35. The summed E-state index contributed by atoms with van der Waals surface area (Å²) in [5.74, 6) is 0.877. The molecule has 15 atom stereocenters. The van der Waals surface area contributed by atoms with Gasteiger partial charge in [-0.1, -0.05) is 25.5 Å². The van der Waals surface area contributed by atoms with Crippen molar-refractivity contribution in [3.05, 3.63) is 22.8 Å². The Balaban J connectivity index is 1.15. The van der Waals surface area contributed by atoms with Crippen molar-refractivity contribution in [2.24, 2.45) is 40.4 Å². The van der Waals surface area contributed by atoms with Crippen LogP contribution in [0, 0.1) is 40.4 Å². The molecule has 0 aromatic rings. The fraction of sp³-hybridized carbons (Fsp3) is 0.853. The van der Waals surface area contributed by atoms with Crippen LogP contribution in [0.4, 0.5) is 0 Å². The molecular weight excluding hydrogens is 584 g/mol. The average Bonchev–Trinajstić information content (AvgIpc) is 3.37. The fourth-order valence-electron chi connectivity index (χ4n) is 10.6. The van der Waals surface area contributed by atoms with Crippen LogP contribution in [0.5, 0.6) is 0 Å². The first-order valence-electron chi connectivity index (χ1n) is 16.9. The molecule has 254 valence electrons. The van der Waals surface area contributed by atoms with Crippen LogP contribution >= 0.6 is 0 Å².